The SMILES string of the molecule is NC(=O)CCNc1ccc(Cl)c(Cl)c1. The van der Waals surface area contributed by atoms with Crippen molar-refractivity contribution in [2.75, 3.05) is 11.9 Å². The number of amides is 1. The fourth-order valence-electron chi connectivity index (χ4n) is 0.936. The maximum Gasteiger partial charge on any atom is 0.219 e. The van der Waals surface area contributed by atoms with Crippen LogP contribution in [-0.2, 0) is 4.79 Å². The molecule has 0 saturated heterocycles. The molecule has 0 radical (unpaired) electrons. The van der Waals surface area contributed by atoms with Crippen LogP contribution in [0.1, 0.15) is 6.42 Å². The Hall–Kier alpha value is -0.930. The molecule has 3 N–H and O–H groups in total. The van der Waals surface area contributed by atoms with E-state index in [-0.39, 0.29) is 5.91 Å². The van der Waals surface area contributed by atoms with Crippen LogP contribution in [0.25, 0.3) is 0 Å². The second kappa shape index (κ2) is 5.08. The number of benzene rings is 1. The number of hydrogen-bond donors (Lipinski definition) is 2. The normalized spacial score (nSPS) is 9.86. The van der Waals surface area contributed by atoms with Crippen LogP contribution in [0, 0.1) is 0 Å². The predicted octanol–water partition coefficient (Wildman–Crippen LogP) is 2.28. The second-order valence-electron chi connectivity index (χ2n) is 2.77. The van der Waals surface area contributed by atoms with Crippen LogP contribution in [-0.4, -0.2) is 12.5 Å². The number of anilines is 1. The van der Waals surface area contributed by atoms with Gasteiger partial charge in [0.25, 0.3) is 0 Å². The monoisotopic (exact) mass is 232 g/mol. The molecular weight excluding hydrogens is 223 g/mol. The molecule has 0 heterocycles. The average molecular weight is 233 g/mol. The Kier molecular flexibility index (Phi) is 4.04. The van der Waals surface area contributed by atoms with E-state index in [9.17, 15) is 4.79 Å². The van der Waals surface area contributed by atoms with Crippen LogP contribution >= 0.6 is 23.2 Å². The first-order valence-electron chi connectivity index (χ1n) is 4.07. The molecule has 5 heteroatoms. The predicted molar refractivity (Wildman–Crippen MR) is 58.8 cm³/mol. The van der Waals surface area contributed by atoms with Gasteiger partial charge in [-0.05, 0) is 18.2 Å². The van der Waals surface area contributed by atoms with E-state index in [0.29, 0.717) is 23.0 Å². The Labute approximate surface area is 92.2 Å². The molecule has 3 nitrogen and oxygen atoms in total. The van der Waals surface area contributed by atoms with Crippen molar-refractivity contribution in [3.63, 3.8) is 0 Å². The van der Waals surface area contributed by atoms with Crippen molar-refractivity contribution in [2.24, 2.45) is 5.73 Å². The van der Waals surface area contributed by atoms with Gasteiger partial charge in [0.05, 0.1) is 10.0 Å². The lowest BCUT2D eigenvalue weighted by Gasteiger charge is -2.05. The van der Waals surface area contributed by atoms with E-state index in [4.69, 9.17) is 28.9 Å². The summed E-state index contributed by atoms with van der Waals surface area (Å²) in [7, 11) is 0. The smallest absolute Gasteiger partial charge is 0.219 e. The van der Waals surface area contributed by atoms with Gasteiger partial charge in [-0.1, -0.05) is 23.2 Å². The molecule has 0 bridgehead atoms. The molecule has 1 rings (SSSR count). The number of carbonyl (C=O) groups is 1. The molecule has 1 aromatic rings. The molecule has 0 unspecified atom stereocenters. The van der Waals surface area contributed by atoms with Crippen molar-refractivity contribution in [2.45, 2.75) is 6.42 Å². The fraction of sp³-hybridized carbons (Fsp3) is 0.222. The van der Waals surface area contributed by atoms with Crippen molar-refractivity contribution in [1.82, 2.24) is 0 Å². The summed E-state index contributed by atoms with van der Waals surface area (Å²) in [6.07, 6.45) is 0.292. The van der Waals surface area contributed by atoms with Crippen molar-refractivity contribution in [3.05, 3.63) is 28.2 Å². The zero-order chi connectivity index (χ0) is 10.6. The van der Waals surface area contributed by atoms with Gasteiger partial charge in [-0.2, -0.15) is 0 Å². The van der Waals surface area contributed by atoms with Crippen LogP contribution in [0.15, 0.2) is 18.2 Å². The highest BCUT2D eigenvalue weighted by atomic mass is 35.5. The lowest BCUT2D eigenvalue weighted by molar-refractivity contribution is -0.117. The van der Waals surface area contributed by atoms with Crippen molar-refractivity contribution < 1.29 is 4.79 Å². The third-order valence-electron chi connectivity index (χ3n) is 1.62. The number of primary amides is 1. The summed E-state index contributed by atoms with van der Waals surface area (Å²) in [6.45, 7) is 0.493. The van der Waals surface area contributed by atoms with Crippen LogP contribution in [0.4, 0.5) is 5.69 Å². The standard InChI is InChI=1S/C9H10Cl2N2O/c10-7-2-1-6(5-8(7)11)13-4-3-9(12)14/h1-2,5,13H,3-4H2,(H2,12,14). The second-order valence-corrected chi connectivity index (χ2v) is 3.59. The van der Waals surface area contributed by atoms with E-state index in [0.717, 1.165) is 5.69 Å². The van der Waals surface area contributed by atoms with E-state index < -0.39 is 0 Å². The van der Waals surface area contributed by atoms with Gasteiger partial charge < -0.3 is 11.1 Å². The fourth-order valence-corrected chi connectivity index (χ4v) is 1.23. The minimum atomic E-state index is -0.336. The number of halogens is 2. The third-order valence-corrected chi connectivity index (χ3v) is 2.36. The first-order valence-corrected chi connectivity index (χ1v) is 4.82. The van der Waals surface area contributed by atoms with Gasteiger partial charge in [0, 0.05) is 18.7 Å². The highest BCUT2D eigenvalue weighted by molar-refractivity contribution is 6.42. The number of carbonyl (C=O) groups excluding carboxylic acids is 1. The first kappa shape index (κ1) is 11.1. The Morgan fingerprint density at radius 1 is 1.36 bits per heavy atom. The Bertz CT molecular complexity index is 342. The zero-order valence-corrected chi connectivity index (χ0v) is 8.90. The largest absolute Gasteiger partial charge is 0.384 e. The van der Waals surface area contributed by atoms with Gasteiger partial charge in [-0.25, -0.2) is 0 Å². The summed E-state index contributed by atoms with van der Waals surface area (Å²) >= 11 is 11.5. The molecule has 1 aromatic carbocycles. The molecule has 1 amide bonds. The molecular formula is C9H10Cl2N2O. The van der Waals surface area contributed by atoms with Crippen LogP contribution in [0.2, 0.25) is 10.0 Å². The van der Waals surface area contributed by atoms with E-state index >= 15 is 0 Å². The summed E-state index contributed by atoms with van der Waals surface area (Å²) in [5.74, 6) is -0.336. The van der Waals surface area contributed by atoms with Gasteiger partial charge in [-0.15, -0.1) is 0 Å². The molecule has 76 valence electrons. The molecule has 0 aliphatic rings. The van der Waals surface area contributed by atoms with Gasteiger partial charge >= 0.3 is 0 Å². The van der Waals surface area contributed by atoms with Crippen molar-refractivity contribution in [1.29, 1.82) is 0 Å². The summed E-state index contributed by atoms with van der Waals surface area (Å²) < 4.78 is 0. The number of rotatable bonds is 4. The van der Waals surface area contributed by atoms with Crippen molar-refractivity contribution in [3.8, 4) is 0 Å². The van der Waals surface area contributed by atoms with Gasteiger partial charge in [-0.3, -0.25) is 4.79 Å². The summed E-state index contributed by atoms with van der Waals surface area (Å²) in [5, 5.41) is 3.99. The number of hydrogen-bond acceptors (Lipinski definition) is 2. The molecule has 0 aliphatic carbocycles. The molecule has 0 saturated carbocycles. The summed E-state index contributed by atoms with van der Waals surface area (Å²) in [5.41, 5.74) is 5.80. The van der Waals surface area contributed by atoms with E-state index in [1.165, 1.54) is 0 Å². The topological polar surface area (TPSA) is 55.1 Å². The van der Waals surface area contributed by atoms with E-state index in [1.54, 1.807) is 18.2 Å². The highest BCUT2D eigenvalue weighted by Gasteiger charge is 1.99. The molecule has 0 spiro atoms. The average Bonchev–Trinajstić information content (AvgIpc) is 2.10. The summed E-state index contributed by atoms with van der Waals surface area (Å²) in [6, 6.07) is 5.18. The van der Waals surface area contributed by atoms with E-state index in [2.05, 4.69) is 5.32 Å². The maximum absolute atomic E-state index is 10.4. The molecule has 0 aromatic heterocycles. The maximum atomic E-state index is 10.4. The summed E-state index contributed by atoms with van der Waals surface area (Å²) in [4.78, 5) is 10.4. The zero-order valence-electron chi connectivity index (χ0n) is 7.39. The lowest BCUT2D eigenvalue weighted by atomic mass is 10.3. The van der Waals surface area contributed by atoms with Gasteiger partial charge in [0.1, 0.15) is 0 Å². The van der Waals surface area contributed by atoms with Crippen LogP contribution in [0.5, 0.6) is 0 Å². The first-order chi connectivity index (χ1) is 6.59. The minimum absolute atomic E-state index is 0.292. The molecule has 14 heavy (non-hydrogen) atoms. The molecule has 0 fully saturated rings. The molecule has 0 atom stereocenters. The van der Waals surface area contributed by atoms with E-state index in [1.807, 2.05) is 0 Å². The van der Waals surface area contributed by atoms with Crippen LogP contribution in [0.3, 0.4) is 0 Å². The number of nitrogens with two attached hydrogens (primary N) is 1. The Morgan fingerprint density at radius 2 is 2.07 bits per heavy atom. The minimum Gasteiger partial charge on any atom is -0.384 e. The lowest BCUT2D eigenvalue weighted by Crippen LogP contribution is -2.15. The van der Waals surface area contributed by atoms with Gasteiger partial charge in [0.15, 0.2) is 0 Å². The Balaban J connectivity index is 2.51. The number of nitrogens with one attached hydrogen (secondary N) is 1. The van der Waals surface area contributed by atoms with Crippen molar-refractivity contribution >= 4 is 34.8 Å². The highest BCUT2D eigenvalue weighted by Crippen LogP contribution is 2.24. The third kappa shape index (κ3) is 3.44. The molecule has 0 aliphatic heterocycles. The quantitative estimate of drug-likeness (QED) is 0.838. The van der Waals surface area contributed by atoms with Crippen LogP contribution < -0.4 is 11.1 Å². The van der Waals surface area contributed by atoms with Gasteiger partial charge in [0.2, 0.25) is 5.91 Å². The Morgan fingerprint density at radius 3 is 2.64 bits per heavy atom.